The van der Waals surface area contributed by atoms with E-state index in [1.165, 1.54) is 5.56 Å². The second-order valence-corrected chi connectivity index (χ2v) is 5.78. The first-order chi connectivity index (χ1) is 7.58. The molecule has 0 saturated carbocycles. The molecule has 0 bridgehead atoms. The van der Waals surface area contributed by atoms with Gasteiger partial charge in [-0.05, 0) is 41.9 Å². The van der Waals surface area contributed by atoms with Crippen molar-refractivity contribution in [2.75, 3.05) is 20.1 Å². The maximum absolute atomic E-state index is 3.48. The lowest BCUT2D eigenvalue weighted by Gasteiger charge is -2.22. The molecule has 0 aliphatic rings. The Hall–Kier alpha value is -0.380. The van der Waals surface area contributed by atoms with E-state index in [2.05, 4.69) is 54.9 Å². The molecule has 0 aliphatic carbocycles. The maximum Gasteiger partial charge on any atom is 0.0239 e. The average Bonchev–Trinajstić information content (AvgIpc) is 2.67. The van der Waals surface area contributed by atoms with Crippen LogP contribution in [-0.2, 0) is 6.54 Å². The average molecular weight is 240 g/mol. The van der Waals surface area contributed by atoms with Crippen molar-refractivity contribution < 1.29 is 0 Å². The van der Waals surface area contributed by atoms with E-state index in [1.807, 2.05) is 0 Å². The van der Waals surface area contributed by atoms with Gasteiger partial charge >= 0.3 is 0 Å². The third-order valence-electron chi connectivity index (χ3n) is 2.53. The fraction of sp³-hybridized carbons (Fsp3) is 0.692. The minimum atomic E-state index is 0.588. The molecule has 3 heteroatoms. The van der Waals surface area contributed by atoms with Crippen molar-refractivity contribution in [3.63, 3.8) is 0 Å². The van der Waals surface area contributed by atoms with E-state index in [0.717, 1.165) is 19.6 Å². The first kappa shape index (κ1) is 13.7. The van der Waals surface area contributed by atoms with Crippen LogP contribution in [0.5, 0.6) is 0 Å². The predicted molar refractivity (Wildman–Crippen MR) is 73.0 cm³/mol. The van der Waals surface area contributed by atoms with Gasteiger partial charge in [0.15, 0.2) is 0 Å². The summed E-state index contributed by atoms with van der Waals surface area (Å²) >= 11 is 1.78. The van der Waals surface area contributed by atoms with Gasteiger partial charge in [0.2, 0.25) is 0 Å². The molecule has 1 aromatic heterocycles. The standard InChI is InChI=1S/C13H24N2S/c1-11(2)14-7-12(3)8-15(4)9-13-5-6-16-10-13/h5-6,10-12,14H,7-9H2,1-4H3. The summed E-state index contributed by atoms with van der Waals surface area (Å²) in [7, 11) is 2.20. The first-order valence-electron chi connectivity index (χ1n) is 6.01. The van der Waals surface area contributed by atoms with E-state index >= 15 is 0 Å². The summed E-state index contributed by atoms with van der Waals surface area (Å²) in [5, 5.41) is 7.86. The minimum Gasteiger partial charge on any atom is -0.314 e. The van der Waals surface area contributed by atoms with Gasteiger partial charge in [-0.2, -0.15) is 11.3 Å². The van der Waals surface area contributed by atoms with Crippen LogP contribution in [0.1, 0.15) is 26.3 Å². The lowest BCUT2D eigenvalue weighted by molar-refractivity contribution is 0.271. The first-order valence-corrected chi connectivity index (χ1v) is 6.95. The molecule has 0 radical (unpaired) electrons. The fourth-order valence-corrected chi connectivity index (χ4v) is 2.45. The van der Waals surface area contributed by atoms with Crippen molar-refractivity contribution >= 4 is 11.3 Å². The summed E-state index contributed by atoms with van der Waals surface area (Å²) in [6.07, 6.45) is 0. The highest BCUT2D eigenvalue weighted by molar-refractivity contribution is 7.07. The summed E-state index contributed by atoms with van der Waals surface area (Å²) < 4.78 is 0. The molecule has 92 valence electrons. The molecule has 1 aromatic rings. The highest BCUT2D eigenvalue weighted by atomic mass is 32.1. The number of hydrogen-bond acceptors (Lipinski definition) is 3. The lowest BCUT2D eigenvalue weighted by atomic mass is 10.1. The smallest absolute Gasteiger partial charge is 0.0239 e. The van der Waals surface area contributed by atoms with Crippen LogP contribution in [0.25, 0.3) is 0 Å². The van der Waals surface area contributed by atoms with Gasteiger partial charge in [0.1, 0.15) is 0 Å². The molecular weight excluding hydrogens is 216 g/mol. The van der Waals surface area contributed by atoms with E-state index < -0.39 is 0 Å². The van der Waals surface area contributed by atoms with Crippen molar-refractivity contribution in [1.82, 2.24) is 10.2 Å². The summed E-state index contributed by atoms with van der Waals surface area (Å²) in [4.78, 5) is 2.40. The maximum atomic E-state index is 3.48. The lowest BCUT2D eigenvalue weighted by Crippen LogP contribution is -2.33. The van der Waals surface area contributed by atoms with E-state index in [-0.39, 0.29) is 0 Å². The van der Waals surface area contributed by atoms with Crippen LogP contribution in [0.4, 0.5) is 0 Å². The molecular formula is C13H24N2S. The van der Waals surface area contributed by atoms with Crippen molar-refractivity contribution in [3.8, 4) is 0 Å². The highest BCUT2D eigenvalue weighted by Gasteiger charge is 2.07. The number of thiophene rings is 1. The molecule has 0 aromatic carbocycles. The summed E-state index contributed by atoms with van der Waals surface area (Å²) in [5.41, 5.74) is 1.43. The third-order valence-corrected chi connectivity index (χ3v) is 3.26. The van der Waals surface area contributed by atoms with Crippen LogP contribution in [0.2, 0.25) is 0 Å². The van der Waals surface area contributed by atoms with Gasteiger partial charge in [0.25, 0.3) is 0 Å². The second kappa shape index (κ2) is 7.05. The molecule has 0 aliphatic heterocycles. The molecule has 16 heavy (non-hydrogen) atoms. The normalized spacial score (nSPS) is 13.6. The van der Waals surface area contributed by atoms with Crippen LogP contribution in [0.15, 0.2) is 16.8 Å². The Kier molecular flexibility index (Phi) is 6.03. The Morgan fingerprint density at radius 2 is 2.12 bits per heavy atom. The molecule has 1 rings (SSSR count). The van der Waals surface area contributed by atoms with Crippen molar-refractivity contribution in [2.24, 2.45) is 5.92 Å². The van der Waals surface area contributed by atoms with Crippen molar-refractivity contribution in [1.29, 1.82) is 0 Å². The minimum absolute atomic E-state index is 0.588. The molecule has 1 N–H and O–H groups in total. The van der Waals surface area contributed by atoms with E-state index in [4.69, 9.17) is 0 Å². The molecule has 2 nitrogen and oxygen atoms in total. The molecule has 0 fully saturated rings. The topological polar surface area (TPSA) is 15.3 Å². The van der Waals surface area contributed by atoms with Gasteiger partial charge in [-0.1, -0.05) is 20.8 Å². The zero-order chi connectivity index (χ0) is 12.0. The SMILES string of the molecule is CC(CNC(C)C)CN(C)Cc1ccsc1. The van der Waals surface area contributed by atoms with Gasteiger partial charge in [0.05, 0.1) is 0 Å². The van der Waals surface area contributed by atoms with Gasteiger partial charge in [-0.15, -0.1) is 0 Å². The van der Waals surface area contributed by atoms with Gasteiger partial charge < -0.3 is 10.2 Å². The number of nitrogens with zero attached hydrogens (tertiary/aromatic N) is 1. The van der Waals surface area contributed by atoms with Crippen LogP contribution in [0, 0.1) is 5.92 Å². The van der Waals surface area contributed by atoms with Crippen molar-refractivity contribution in [3.05, 3.63) is 22.4 Å². The molecule has 1 unspecified atom stereocenters. The Bertz CT molecular complexity index is 269. The highest BCUT2D eigenvalue weighted by Crippen LogP contribution is 2.09. The Balaban J connectivity index is 2.20. The molecule has 0 spiro atoms. The van der Waals surface area contributed by atoms with Gasteiger partial charge in [-0.3, -0.25) is 0 Å². The van der Waals surface area contributed by atoms with E-state index in [0.29, 0.717) is 12.0 Å². The monoisotopic (exact) mass is 240 g/mol. The number of rotatable bonds is 7. The van der Waals surface area contributed by atoms with E-state index in [9.17, 15) is 0 Å². The quantitative estimate of drug-likeness (QED) is 0.788. The molecule has 0 saturated heterocycles. The predicted octanol–water partition coefficient (Wildman–Crippen LogP) is 2.81. The Morgan fingerprint density at radius 1 is 1.38 bits per heavy atom. The second-order valence-electron chi connectivity index (χ2n) is 5.00. The number of hydrogen-bond donors (Lipinski definition) is 1. The van der Waals surface area contributed by atoms with E-state index in [1.54, 1.807) is 11.3 Å². The zero-order valence-electron chi connectivity index (χ0n) is 10.9. The summed E-state index contributed by atoms with van der Waals surface area (Å²) in [6.45, 7) is 10.0. The zero-order valence-corrected chi connectivity index (χ0v) is 11.7. The van der Waals surface area contributed by atoms with Crippen LogP contribution in [-0.4, -0.2) is 31.1 Å². The summed E-state index contributed by atoms with van der Waals surface area (Å²) in [5.74, 6) is 0.700. The largest absolute Gasteiger partial charge is 0.314 e. The number of nitrogens with one attached hydrogen (secondary N) is 1. The van der Waals surface area contributed by atoms with Gasteiger partial charge in [-0.25, -0.2) is 0 Å². The fourth-order valence-electron chi connectivity index (χ4n) is 1.79. The Morgan fingerprint density at radius 3 is 2.69 bits per heavy atom. The van der Waals surface area contributed by atoms with Crippen LogP contribution >= 0.6 is 11.3 Å². The van der Waals surface area contributed by atoms with Crippen LogP contribution < -0.4 is 5.32 Å². The van der Waals surface area contributed by atoms with Crippen LogP contribution in [0.3, 0.4) is 0 Å². The molecule has 1 atom stereocenters. The summed E-state index contributed by atoms with van der Waals surface area (Å²) in [6, 6.07) is 2.79. The van der Waals surface area contributed by atoms with Gasteiger partial charge in [0, 0.05) is 19.1 Å². The van der Waals surface area contributed by atoms with Crippen molar-refractivity contribution in [2.45, 2.75) is 33.4 Å². The molecule has 0 amide bonds. The molecule has 1 heterocycles. The third kappa shape index (κ3) is 5.64. The Labute approximate surface area is 104 Å².